The number of halogens is 2. The zero-order valence-corrected chi connectivity index (χ0v) is 29.9. The number of fused-ring (bicyclic) bond motifs is 4. The molecule has 2 heterocycles. The minimum Gasteiger partial charge on any atom is -0.195 e. The van der Waals surface area contributed by atoms with Gasteiger partial charge in [-0.15, -0.1) is 33.8 Å². The summed E-state index contributed by atoms with van der Waals surface area (Å²) >= 11 is 2.31. The van der Waals surface area contributed by atoms with Crippen molar-refractivity contribution in [2.24, 2.45) is 0 Å². The Balaban J connectivity index is 1.50. The average Bonchev–Trinajstić information content (AvgIpc) is 3.56. The highest BCUT2D eigenvalue weighted by atomic mass is 32.1. The molecule has 0 fully saturated rings. The third kappa shape index (κ3) is 6.32. The van der Waals surface area contributed by atoms with E-state index in [1.54, 1.807) is 12.1 Å². The van der Waals surface area contributed by atoms with Gasteiger partial charge >= 0.3 is 0 Å². The van der Waals surface area contributed by atoms with E-state index in [4.69, 9.17) is 0 Å². The molecule has 46 heavy (non-hydrogen) atoms. The van der Waals surface area contributed by atoms with Crippen LogP contribution in [-0.4, -0.2) is 16.1 Å². The van der Waals surface area contributed by atoms with Crippen molar-refractivity contribution in [1.82, 2.24) is 0 Å². The monoisotopic (exact) mass is 670 g/mol. The van der Waals surface area contributed by atoms with Gasteiger partial charge in [-0.05, 0) is 81.2 Å². The number of benzene rings is 5. The maximum atomic E-state index is 14.6. The van der Waals surface area contributed by atoms with Gasteiger partial charge in [-0.1, -0.05) is 98.7 Å². The molecule has 0 radical (unpaired) electrons. The summed E-state index contributed by atoms with van der Waals surface area (Å²) in [5.74, 6) is 7.32. The van der Waals surface area contributed by atoms with Crippen molar-refractivity contribution in [2.45, 2.75) is 38.3 Å². The fourth-order valence-corrected chi connectivity index (χ4v) is 11.5. The van der Waals surface area contributed by atoms with Gasteiger partial charge in [0.15, 0.2) is 10.3 Å². The van der Waals surface area contributed by atoms with Crippen LogP contribution in [0.3, 0.4) is 0 Å². The molecule has 6 heteroatoms. The zero-order valence-electron chi connectivity index (χ0n) is 26.2. The van der Waals surface area contributed by atoms with Crippen molar-refractivity contribution < 1.29 is 8.78 Å². The molecule has 0 amide bonds. The van der Waals surface area contributed by atoms with Crippen molar-refractivity contribution in [3.05, 3.63) is 130 Å². The van der Waals surface area contributed by atoms with Crippen molar-refractivity contribution in [1.29, 1.82) is 0 Å². The number of hydrogen-bond donors (Lipinski definition) is 0. The summed E-state index contributed by atoms with van der Waals surface area (Å²) in [6.07, 6.45) is 0. The Morgan fingerprint density at radius 2 is 0.891 bits per heavy atom. The first-order valence-electron chi connectivity index (χ1n) is 15.4. The Kier molecular flexibility index (Phi) is 7.95. The van der Waals surface area contributed by atoms with Crippen molar-refractivity contribution in [3.63, 3.8) is 0 Å². The Bertz CT molecular complexity index is 2140. The summed E-state index contributed by atoms with van der Waals surface area (Å²) in [5.41, 5.74) is 11.9. The first-order chi connectivity index (χ1) is 22.0. The molecule has 0 spiro atoms. The van der Waals surface area contributed by atoms with Gasteiger partial charge in [0.2, 0.25) is 0 Å². The van der Waals surface area contributed by atoms with Crippen LogP contribution in [0.4, 0.5) is 8.78 Å². The van der Waals surface area contributed by atoms with Gasteiger partial charge in [0, 0.05) is 31.3 Å². The number of thiophene rings is 2. The Morgan fingerprint density at radius 1 is 0.522 bits per heavy atom. The second-order valence-electron chi connectivity index (χ2n) is 13.3. The molecule has 0 saturated carbocycles. The summed E-state index contributed by atoms with van der Waals surface area (Å²) in [6, 6.07) is 34.5. The van der Waals surface area contributed by atoms with E-state index in [-0.39, 0.29) is 10.3 Å². The van der Waals surface area contributed by atoms with Gasteiger partial charge in [-0.3, -0.25) is 0 Å². The van der Waals surface area contributed by atoms with Crippen molar-refractivity contribution in [2.75, 3.05) is 0 Å². The van der Waals surface area contributed by atoms with E-state index in [0.29, 0.717) is 0 Å². The van der Waals surface area contributed by atoms with Crippen molar-refractivity contribution in [3.8, 4) is 22.9 Å². The molecule has 0 aliphatic heterocycles. The van der Waals surface area contributed by atoms with Crippen LogP contribution in [0.25, 0.3) is 41.7 Å². The molecule has 0 aliphatic carbocycles. The highest BCUT2D eigenvalue weighted by molar-refractivity contribution is 7.18. The van der Waals surface area contributed by atoms with Crippen LogP contribution in [0, 0.1) is 33.2 Å². The Morgan fingerprint density at radius 3 is 1.28 bits per heavy atom. The minimum absolute atomic E-state index is 0.209. The number of hydrogen-bond acceptors (Lipinski definition) is 2. The van der Waals surface area contributed by atoms with Gasteiger partial charge in [0.1, 0.15) is 16.1 Å². The average molecular weight is 671 g/mol. The lowest BCUT2D eigenvalue weighted by Crippen LogP contribution is -2.27. The molecule has 7 aromatic rings. The second kappa shape index (κ2) is 12.0. The van der Waals surface area contributed by atoms with Crippen LogP contribution in [0.15, 0.2) is 97.1 Å². The first kappa shape index (κ1) is 30.6. The normalized spacial score (nSPS) is 12.0. The molecule has 5 aromatic carbocycles. The molecule has 0 bridgehead atoms. The first-order valence-corrected chi connectivity index (χ1v) is 23.4. The number of rotatable bonds is 4. The molecule has 0 nitrogen and oxygen atoms in total. The van der Waals surface area contributed by atoms with Crippen molar-refractivity contribution >= 4 is 80.5 Å². The molecule has 0 saturated heterocycles. The standard InChI is InChI=1S/C40H32F2S2Si2/c1-45(2,25-27-11-7-5-8-12-27)17-15-31-33-19-29-21-39(41)44-38(29)24-36(33)32(16-18-46(3,4)26-28-13-9-6-10-14-28)34-20-30-22-40(42)43-37(30)23-35(31)34/h5-14,19-24H,25-26H2,1-4H3. The molecule has 7 rings (SSSR count). The lowest BCUT2D eigenvalue weighted by atomic mass is 9.91. The van der Waals surface area contributed by atoms with E-state index in [9.17, 15) is 8.78 Å². The second-order valence-corrected chi connectivity index (χ2v) is 24.1. The predicted octanol–water partition coefficient (Wildman–Crippen LogP) is 11.5. The molecule has 0 atom stereocenters. The van der Waals surface area contributed by atoms with Gasteiger partial charge in [-0.25, -0.2) is 0 Å². The summed E-state index contributed by atoms with van der Waals surface area (Å²) < 4.78 is 31.0. The van der Waals surface area contributed by atoms with Crippen LogP contribution >= 0.6 is 22.7 Å². The molecule has 226 valence electrons. The molecular weight excluding hydrogens is 639 g/mol. The van der Waals surface area contributed by atoms with E-state index < -0.39 is 16.1 Å². The predicted molar refractivity (Wildman–Crippen MR) is 201 cm³/mol. The summed E-state index contributed by atoms with van der Waals surface area (Å²) in [5, 5.41) is 5.19. The Labute approximate surface area is 278 Å². The van der Waals surface area contributed by atoms with Crippen LogP contribution in [-0.2, 0) is 12.1 Å². The molecule has 0 aliphatic rings. The fraction of sp³-hybridized carbons (Fsp3) is 0.150. The lowest BCUT2D eigenvalue weighted by molar-refractivity contribution is 0.658. The smallest absolute Gasteiger partial charge is 0.177 e. The van der Waals surface area contributed by atoms with E-state index in [0.717, 1.165) is 87.6 Å². The zero-order chi connectivity index (χ0) is 32.1. The molecule has 2 aromatic heterocycles. The van der Waals surface area contributed by atoms with Gasteiger partial charge < -0.3 is 0 Å². The van der Waals surface area contributed by atoms with Crippen LogP contribution in [0.2, 0.25) is 26.2 Å². The largest absolute Gasteiger partial charge is 0.195 e. The Hall–Kier alpha value is -4.05. The third-order valence-corrected chi connectivity index (χ3v) is 14.3. The van der Waals surface area contributed by atoms with Crippen LogP contribution < -0.4 is 0 Å². The summed E-state index contributed by atoms with van der Waals surface area (Å²) in [7, 11) is -3.98. The molecular formula is C40H32F2S2Si2. The van der Waals surface area contributed by atoms with E-state index >= 15 is 0 Å². The van der Waals surface area contributed by atoms with Gasteiger partial charge in [0.25, 0.3) is 0 Å². The maximum absolute atomic E-state index is 14.6. The minimum atomic E-state index is -1.99. The maximum Gasteiger partial charge on any atom is 0.177 e. The van der Waals surface area contributed by atoms with Gasteiger partial charge in [-0.2, -0.15) is 8.78 Å². The highest BCUT2D eigenvalue weighted by Crippen LogP contribution is 2.40. The fourth-order valence-electron chi connectivity index (χ4n) is 6.26. The van der Waals surface area contributed by atoms with Gasteiger partial charge in [0.05, 0.1) is 0 Å². The highest BCUT2D eigenvalue weighted by Gasteiger charge is 2.22. The summed E-state index contributed by atoms with van der Waals surface area (Å²) in [4.78, 5) is 0. The SMILES string of the molecule is C[Si](C)(C#Cc1c2cc3cc(F)sc3cc2c(C#C[Si](C)(C)Cc2ccccc2)c2cc3cc(F)sc3cc12)Cc1ccccc1. The molecule has 0 N–H and O–H groups in total. The summed E-state index contributed by atoms with van der Waals surface area (Å²) in [6.45, 7) is 9.21. The topological polar surface area (TPSA) is 0 Å². The van der Waals surface area contributed by atoms with E-state index in [1.165, 1.54) is 11.1 Å². The van der Waals surface area contributed by atoms with E-state index in [1.807, 2.05) is 12.1 Å². The third-order valence-electron chi connectivity index (χ3n) is 8.36. The van der Waals surface area contributed by atoms with E-state index in [2.05, 4.69) is 122 Å². The molecule has 0 unspecified atom stereocenters. The van der Waals surface area contributed by atoms with Crippen LogP contribution in [0.5, 0.6) is 0 Å². The van der Waals surface area contributed by atoms with Crippen LogP contribution in [0.1, 0.15) is 22.3 Å². The lowest BCUT2D eigenvalue weighted by Gasteiger charge is -2.17. The quantitative estimate of drug-likeness (QED) is 0.0993.